The number of ether oxygens (including phenoxy) is 1. The van der Waals surface area contributed by atoms with Gasteiger partial charge in [-0.25, -0.2) is 0 Å². The van der Waals surface area contributed by atoms with Gasteiger partial charge >= 0.3 is 5.97 Å². The van der Waals surface area contributed by atoms with Crippen LogP contribution in [-0.4, -0.2) is 24.5 Å². The molecular formula is C7H12ClNO2. The number of hydrogen-bond acceptors (Lipinski definition) is 3. The lowest BCUT2D eigenvalue weighted by molar-refractivity contribution is -0.143. The first-order chi connectivity index (χ1) is 5.22. The van der Waals surface area contributed by atoms with Crippen LogP contribution in [0, 0.1) is 0 Å². The van der Waals surface area contributed by atoms with Crippen molar-refractivity contribution in [2.45, 2.75) is 12.5 Å². The third-order valence-corrected chi connectivity index (χ3v) is 1.28. The highest BCUT2D eigenvalue weighted by Crippen LogP contribution is 1.94. The Morgan fingerprint density at radius 2 is 2.45 bits per heavy atom. The topological polar surface area (TPSA) is 52.3 Å². The smallest absolute Gasteiger partial charge is 0.323 e. The van der Waals surface area contributed by atoms with Gasteiger partial charge < -0.3 is 10.5 Å². The van der Waals surface area contributed by atoms with Gasteiger partial charge in [-0.2, -0.15) is 0 Å². The quantitative estimate of drug-likeness (QED) is 0.382. The van der Waals surface area contributed by atoms with E-state index < -0.39 is 12.0 Å². The largest absolute Gasteiger partial charge is 0.460 e. The molecule has 1 atom stereocenters. The number of esters is 1. The number of carbonyl (C=O) groups is 1. The van der Waals surface area contributed by atoms with Crippen molar-refractivity contribution in [2.24, 2.45) is 5.73 Å². The zero-order valence-electron chi connectivity index (χ0n) is 6.25. The molecule has 0 unspecified atom stereocenters. The Morgan fingerprint density at radius 1 is 1.82 bits per heavy atom. The monoisotopic (exact) mass is 177 g/mol. The van der Waals surface area contributed by atoms with Crippen molar-refractivity contribution in [2.75, 3.05) is 12.5 Å². The number of carbonyl (C=O) groups excluding carboxylic acids is 1. The fourth-order valence-corrected chi connectivity index (χ4v) is 0.719. The van der Waals surface area contributed by atoms with Crippen LogP contribution in [0.25, 0.3) is 0 Å². The van der Waals surface area contributed by atoms with Crippen molar-refractivity contribution in [1.29, 1.82) is 0 Å². The van der Waals surface area contributed by atoms with Gasteiger partial charge in [0, 0.05) is 5.88 Å². The number of hydrogen-bond donors (Lipinski definition) is 1. The highest BCUT2D eigenvalue weighted by Gasteiger charge is 2.12. The summed E-state index contributed by atoms with van der Waals surface area (Å²) < 4.78 is 4.66. The molecule has 0 aromatic carbocycles. The maximum atomic E-state index is 10.8. The van der Waals surface area contributed by atoms with Crippen molar-refractivity contribution >= 4 is 17.6 Å². The van der Waals surface area contributed by atoms with Crippen LogP contribution >= 0.6 is 11.6 Å². The van der Waals surface area contributed by atoms with E-state index in [1.54, 1.807) is 0 Å². The first-order valence-corrected chi connectivity index (χ1v) is 3.85. The number of alkyl halides is 1. The molecular weight excluding hydrogens is 166 g/mol. The molecule has 0 rings (SSSR count). The minimum atomic E-state index is -0.604. The molecule has 0 heterocycles. The minimum absolute atomic E-state index is 0.203. The zero-order valence-corrected chi connectivity index (χ0v) is 7.01. The molecule has 11 heavy (non-hydrogen) atoms. The summed E-state index contributed by atoms with van der Waals surface area (Å²) in [5.41, 5.74) is 5.38. The third-order valence-electron chi connectivity index (χ3n) is 1.07. The summed E-state index contributed by atoms with van der Waals surface area (Å²) in [5.74, 6) is -0.0600. The van der Waals surface area contributed by atoms with E-state index in [9.17, 15) is 4.79 Å². The fourth-order valence-electron chi connectivity index (χ4n) is 0.483. The summed E-state index contributed by atoms with van der Waals surface area (Å²) in [5, 5.41) is 0. The summed E-state index contributed by atoms with van der Waals surface area (Å²) >= 11 is 5.37. The van der Waals surface area contributed by atoms with E-state index in [1.807, 2.05) is 0 Å². The summed E-state index contributed by atoms with van der Waals surface area (Å²) in [4.78, 5) is 10.8. The molecule has 0 aliphatic rings. The molecule has 0 saturated heterocycles. The van der Waals surface area contributed by atoms with Crippen LogP contribution in [0.4, 0.5) is 0 Å². The van der Waals surface area contributed by atoms with Crippen molar-refractivity contribution in [3.05, 3.63) is 12.7 Å². The first-order valence-electron chi connectivity index (χ1n) is 3.31. The Bertz CT molecular complexity index is 138. The van der Waals surface area contributed by atoms with Crippen LogP contribution in [0.5, 0.6) is 0 Å². The van der Waals surface area contributed by atoms with Crippen LogP contribution in [0.2, 0.25) is 0 Å². The van der Waals surface area contributed by atoms with Crippen LogP contribution < -0.4 is 5.73 Å². The average Bonchev–Trinajstić information content (AvgIpc) is 2.00. The highest BCUT2D eigenvalue weighted by atomic mass is 35.5. The van der Waals surface area contributed by atoms with Crippen molar-refractivity contribution in [3.8, 4) is 0 Å². The van der Waals surface area contributed by atoms with Crippen LogP contribution in [-0.2, 0) is 9.53 Å². The number of nitrogens with two attached hydrogens (primary N) is 1. The molecule has 3 nitrogen and oxygen atoms in total. The maximum Gasteiger partial charge on any atom is 0.323 e. The summed E-state index contributed by atoms with van der Waals surface area (Å²) in [6, 6.07) is -0.604. The molecule has 0 aliphatic carbocycles. The standard InChI is InChI=1S/C7H12ClNO2/c1-2-5-11-7(10)6(9)3-4-8/h2,6H,1,3-5,9H2/t6-/m0/s1. The normalized spacial score (nSPS) is 12.2. The van der Waals surface area contributed by atoms with Gasteiger partial charge in [0.15, 0.2) is 0 Å². The molecule has 64 valence electrons. The summed E-state index contributed by atoms with van der Waals surface area (Å²) in [7, 11) is 0. The van der Waals surface area contributed by atoms with E-state index in [4.69, 9.17) is 17.3 Å². The van der Waals surface area contributed by atoms with E-state index in [1.165, 1.54) is 6.08 Å². The molecule has 0 spiro atoms. The second-order valence-corrected chi connectivity index (χ2v) is 2.38. The number of halogens is 1. The molecule has 0 saturated carbocycles. The SMILES string of the molecule is C=CCOC(=O)[C@@H](N)CCCl. The third kappa shape index (κ3) is 4.81. The molecule has 0 aromatic rings. The minimum Gasteiger partial charge on any atom is -0.460 e. The Labute approximate surface area is 71.2 Å². The fraction of sp³-hybridized carbons (Fsp3) is 0.571. The molecule has 0 radical (unpaired) electrons. The van der Waals surface area contributed by atoms with Crippen molar-refractivity contribution in [3.63, 3.8) is 0 Å². The van der Waals surface area contributed by atoms with Crippen LogP contribution in [0.1, 0.15) is 6.42 Å². The van der Waals surface area contributed by atoms with Gasteiger partial charge in [-0.15, -0.1) is 11.6 Å². The Hall–Kier alpha value is -0.540. The van der Waals surface area contributed by atoms with Crippen LogP contribution in [0.3, 0.4) is 0 Å². The molecule has 0 bridgehead atoms. The van der Waals surface area contributed by atoms with E-state index in [0.29, 0.717) is 12.3 Å². The van der Waals surface area contributed by atoms with E-state index in [-0.39, 0.29) is 6.61 Å². The predicted molar refractivity (Wildman–Crippen MR) is 44.5 cm³/mol. The van der Waals surface area contributed by atoms with E-state index in [0.717, 1.165) is 0 Å². The van der Waals surface area contributed by atoms with Crippen molar-refractivity contribution < 1.29 is 9.53 Å². The molecule has 4 heteroatoms. The second kappa shape index (κ2) is 6.19. The van der Waals surface area contributed by atoms with Gasteiger partial charge in [0.05, 0.1) is 0 Å². The Morgan fingerprint density at radius 3 is 2.91 bits per heavy atom. The molecule has 0 fully saturated rings. The zero-order chi connectivity index (χ0) is 8.69. The second-order valence-electron chi connectivity index (χ2n) is 2.00. The van der Waals surface area contributed by atoms with Gasteiger partial charge in [0.1, 0.15) is 12.6 Å². The average molecular weight is 178 g/mol. The molecule has 2 N–H and O–H groups in total. The summed E-state index contributed by atoms with van der Waals surface area (Å²) in [6.45, 7) is 3.60. The highest BCUT2D eigenvalue weighted by molar-refractivity contribution is 6.18. The van der Waals surface area contributed by atoms with E-state index in [2.05, 4.69) is 11.3 Å². The number of rotatable bonds is 5. The molecule has 0 amide bonds. The van der Waals surface area contributed by atoms with Gasteiger partial charge in [-0.05, 0) is 6.42 Å². The molecule has 0 aromatic heterocycles. The van der Waals surface area contributed by atoms with Gasteiger partial charge in [-0.1, -0.05) is 12.7 Å². The Balaban J connectivity index is 3.54. The maximum absolute atomic E-state index is 10.8. The Kier molecular flexibility index (Phi) is 5.88. The first kappa shape index (κ1) is 10.5. The lowest BCUT2D eigenvalue weighted by Gasteiger charge is -2.07. The lowest BCUT2D eigenvalue weighted by Crippen LogP contribution is -2.32. The lowest BCUT2D eigenvalue weighted by atomic mass is 10.2. The summed E-state index contributed by atoms with van der Waals surface area (Å²) in [6.07, 6.45) is 1.93. The van der Waals surface area contributed by atoms with E-state index >= 15 is 0 Å². The van der Waals surface area contributed by atoms with Gasteiger partial charge in [-0.3, -0.25) is 4.79 Å². The molecule has 0 aliphatic heterocycles. The van der Waals surface area contributed by atoms with Crippen molar-refractivity contribution in [1.82, 2.24) is 0 Å². The predicted octanol–water partition coefficient (Wildman–Crippen LogP) is 0.672. The van der Waals surface area contributed by atoms with Gasteiger partial charge in [0.2, 0.25) is 0 Å². The van der Waals surface area contributed by atoms with Crippen LogP contribution in [0.15, 0.2) is 12.7 Å². The van der Waals surface area contributed by atoms with Gasteiger partial charge in [0.25, 0.3) is 0 Å².